The molecule has 4 rings (SSSR count). The van der Waals surface area contributed by atoms with Gasteiger partial charge in [0.1, 0.15) is 0 Å². The average molecular weight is 409 g/mol. The number of carbonyl (C=O) groups excluding carboxylic acids is 2. The van der Waals surface area contributed by atoms with Crippen LogP contribution in [-0.2, 0) is 9.59 Å². The van der Waals surface area contributed by atoms with Crippen LogP contribution in [-0.4, -0.2) is 48.4 Å². The molecular formula is C24H32N4O2. The van der Waals surface area contributed by atoms with Crippen molar-refractivity contribution < 1.29 is 9.59 Å². The summed E-state index contributed by atoms with van der Waals surface area (Å²) in [7, 11) is 0. The van der Waals surface area contributed by atoms with E-state index in [-0.39, 0.29) is 23.8 Å². The summed E-state index contributed by atoms with van der Waals surface area (Å²) >= 11 is 0. The molecule has 1 aromatic carbocycles. The van der Waals surface area contributed by atoms with Gasteiger partial charge < -0.3 is 15.1 Å². The fraction of sp³-hybridized carbons (Fsp3) is 0.625. The third kappa shape index (κ3) is 4.61. The fourth-order valence-electron chi connectivity index (χ4n) is 5.16. The summed E-state index contributed by atoms with van der Waals surface area (Å²) in [5, 5.41) is 12.2. The van der Waals surface area contributed by atoms with E-state index in [2.05, 4.69) is 23.2 Å². The molecule has 2 aliphatic heterocycles. The summed E-state index contributed by atoms with van der Waals surface area (Å²) in [4.78, 5) is 29.6. The van der Waals surface area contributed by atoms with Crippen LogP contribution >= 0.6 is 0 Å². The average Bonchev–Trinajstić information content (AvgIpc) is 3.17. The quantitative estimate of drug-likeness (QED) is 0.831. The molecule has 2 amide bonds. The maximum atomic E-state index is 12.8. The van der Waals surface area contributed by atoms with Crippen LogP contribution in [0.15, 0.2) is 24.3 Å². The van der Waals surface area contributed by atoms with Crippen LogP contribution in [0.2, 0.25) is 0 Å². The van der Waals surface area contributed by atoms with E-state index in [1.807, 2.05) is 29.2 Å². The first-order chi connectivity index (χ1) is 14.5. The summed E-state index contributed by atoms with van der Waals surface area (Å²) in [5.41, 5.74) is 1.79. The van der Waals surface area contributed by atoms with E-state index in [0.29, 0.717) is 24.6 Å². The molecule has 1 N–H and O–H groups in total. The van der Waals surface area contributed by atoms with Crippen molar-refractivity contribution in [2.45, 2.75) is 64.0 Å². The number of nitrogens with zero attached hydrogens (tertiary/aromatic N) is 3. The molecule has 2 heterocycles. The molecule has 0 bridgehead atoms. The molecule has 1 aliphatic carbocycles. The number of anilines is 1. The second-order valence-corrected chi connectivity index (χ2v) is 9.29. The van der Waals surface area contributed by atoms with E-state index in [0.717, 1.165) is 50.4 Å². The molecule has 2 saturated heterocycles. The van der Waals surface area contributed by atoms with Crippen molar-refractivity contribution in [2.75, 3.05) is 24.5 Å². The summed E-state index contributed by atoms with van der Waals surface area (Å²) < 4.78 is 0. The van der Waals surface area contributed by atoms with Crippen molar-refractivity contribution in [1.82, 2.24) is 10.2 Å². The van der Waals surface area contributed by atoms with Crippen LogP contribution in [0.5, 0.6) is 0 Å². The van der Waals surface area contributed by atoms with E-state index in [1.54, 1.807) is 0 Å². The zero-order valence-electron chi connectivity index (χ0n) is 17.8. The number of piperidine rings is 1. The molecule has 1 unspecified atom stereocenters. The van der Waals surface area contributed by atoms with Gasteiger partial charge in [-0.3, -0.25) is 9.59 Å². The second kappa shape index (κ2) is 9.07. The Balaban J connectivity index is 1.25. The summed E-state index contributed by atoms with van der Waals surface area (Å²) in [6.07, 6.45) is 6.69. The first-order valence-corrected chi connectivity index (χ1v) is 11.4. The predicted molar refractivity (Wildman–Crippen MR) is 116 cm³/mol. The third-order valence-electron chi connectivity index (χ3n) is 7.16. The summed E-state index contributed by atoms with van der Waals surface area (Å²) in [5.74, 6) is 0.763. The summed E-state index contributed by atoms with van der Waals surface area (Å²) in [6.45, 7) is 4.64. The Labute approximate surface area is 179 Å². The topological polar surface area (TPSA) is 76.4 Å². The Morgan fingerprint density at radius 3 is 2.37 bits per heavy atom. The second-order valence-electron chi connectivity index (χ2n) is 9.29. The minimum atomic E-state index is -0.201. The molecule has 1 atom stereocenters. The maximum Gasteiger partial charge on any atom is 0.225 e. The van der Waals surface area contributed by atoms with Crippen molar-refractivity contribution in [2.24, 2.45) is 11.8 Å². The van der Waals surface area contributed by atoms with E-state index in [1.165, 1.54) is 12.8 Å². The van der Waals surface area contributed by atoms with Crippen LogP contribution in [0.1, 0.15) is 57.4 Å². The maximum absolute atomic E-state index is 12.8. The van der Waals surface area contributed by atoms with Gasteiger partial charge >= 0.3 is 0 Å². The number of hydrogen-bond acceptors (Lipinski definition) is 4. The Bertz CT molecular complexity index is 799. The Morgan fingerprint density at radius 1 is 1.07 bits per heavy atom. The van der Waals surface area contributed by atoms with Crippen LogP contribution in [0.25, 0.3) is 0 Å². The molecule has 6 heteroatoms. The lowest BCUT2D eigenvalue weighted by Crippen LogP contribution is -2.47. The van der Waals surface area contributed by atoms with Gasteiger partial charge in [-0.1, -0.05) is 6.92 Å². The Hall–Kier alpha value is -2.55. The van der Waals surface area contributed by atoms with Gasteiger partial charge in [0.2, 0.25) is 11.8 Å². The zero-order valence-corrected chi connectivity index (χ0v) is 17.8. The first kappa shape index (κ1) is 20.7. The monoisotopic (exact) mass is 408 g/mol. The third-order valence-corrected chi connectivity index (χ3v) is 7.16. The van der Waals surface area contributed by atoms with Crippen molar-refractivity contribution in [1.29, 1.82) is 5.26 Å². The van der Waals surface area contributed by atoms with Crippen molar-refractivity contribution in [3.63, 3.8) is 0 Å². The van der Waals surface area contributed by atoms with E-state index < -0.39 is 0 Å². The number of likely N-dealkylation sites (tertiary alicyclic amines) is 1. The molecule has 0 aromatic heterocycles. The molecule has 0 spiro atoms. The molecule has 3 aliphatic rings. The van der Waals surface area contributed by atoms with Gasteiger partial charge in [0, 0.05) is 43.8 Å². The zero-order chi connectivity index (χ0) is 21.1. The summed E-state index contributed by atoms with van der Waals surface area (Å²) in [6, 6.07) is 10.3. The molecule has 1 saturated carbocycles. The number of nitriles is 1. The standard InChI is InChI=1S/C24H32N4O2/c1-17-2-6-22(7-3-17)28-16-19(14-23(28)29)24(30)26-20-10-12-27(13-11-20)21-8-4-18(15-25)5-9-21/h4-5,8-9,17,19-20,22H,2-3,6-7,10-14,16H2,1H3,(H,26,30). The van der Waals surface area contributed by atoms with Gasteiger partial charge in [0.05, 0.1) is 17.6 Å². The fourth-order valence-corrected chi connectivity index (χ4v) is 5.16. The molecule has 3 fully saturated rings. The smallest absolute Gasteiger partial charge is 0.225 e. The van der Waals surface area contributed by atoms with Crippen LogP contribution in [0.4, 0.5) is 5.69 Å². The number of amides is 2. The van der Waals surface area contributed by atoms with Gasteiger partial charge in [-0.25, -0.2) is 0 Å². The molecule has 0 radical (unpaired) electrons. The largest absolute Gasteiger partial charge is 0.371 e. The van der Waals surface area contributed by atoms with Crippen molar-refractivity contribution in [3.05, 3.63) is 29.8 Å². The van der Waals surface area contributed by atoms with Gasteiger partial charge in [0.25, 0.3) is 0 Å². The van der Waals surface area contributed by atoms with Crippen LogP contribution in [0, 0.1) is 23.2 Å². The lowest BCUT2D eigenvalue weighted by Gasteiger charge is -2.35. The van der Waals surface area contributed by atoms with Gasteiger partial charge in [-0.2, -0.15) is 5.26 Å². The highest BCUT2D eigenvalue weighted by molar-refractivity contribution is 5.89. The number of nitrogens with one attached hydrogen (secondary N) is 1. The SMILES string of the molecule is CC1CCC(N2CC(C(=O)NC3CCN(c4ccc(C#N)cc4)CC3)CC2=O)CC1. The number of benzene rings is 1. The van der Waals surface area contributed by atoms with Gasteiger partial charge in [-0.15, -0.1) is 0 Å². The van der Waals surface area contributed by atoms with E-state index in [4.69, 9.17) is 5.26 Å². The predicted octanol–water partition coefficient (Wildman–Crippen LogP) is 3.07. The van der Waals surface area contributed by atoms with Crippen LogP contribution < -0.4 is 10.2 Å². The highest BCUT2D eigenvalue weighted by atomic mass is 16.2. The lowest BCUT2D eigenvalue weighted by atomic mass is 9.86. The Kier molecular flexibility index (Phi) is 6.26. The lowest BCUT2D eigenvalue weighted by molar-refractivity contribution is -0.131. The molecular weight excluding hydrogens is 376 g/mol. The van der Waals surface area contributed by atoms with Gasteiger partial charge in [0.15, 0.2) is 0 Å². The number of carbonyl (C=O) groups is 2. The Morgan fingerprint density at radius 2 is 1.73 bits per heavy atom. The van der Waals surface area contributed by atoms with Crippen molar-refractivity contribution >= 4 is 17.5 Å². The highest BCUT2D eigenvalue weighted by Gasteiger charge is 2.39. The van der Waals surface area contributed by atoms with Crippen molar-refractivity contribution in [3.8, 4) is 6.07 Å². The van der Waals surface area contributed by atoms with Crippen LogP contribution in [0.3, 0.4) is 0 Å². The van der Waals surface area contributed by atoms with Gasteiger partial charge in [-0.05, 0) is 68.7 Å². The number of rotatable bonds is 4. The molecule has 6 nitrogen and oxygen atoms in total. The van der Waals surface area contributed by atoms with E-state index in [9.17, 15) is 9.59 Å². The minimum absolute atomic E-state index is 0.0480. The normalized spacial score (nSPS) is 27.7. The molecule has 30 heavy (non-hydrogen) atoms. The highest BCUT2D eigenvalue weighted by Crippen LogP contribution is 2.31. The minimum Gasteiger partial charge on any atom is -0.371 e. The number of hydrogen-bond donors (Lipinski definition) is 1. The molecule has 160 valence electrons. The first-order valence-electron chi connectivity index (χ1n) is 11.4. The molecule has 1 aromatic rings. The van der Waals surface area contributed by atoms with E-state index >= 15 is 0 Å².